The number of hydrogen-bond donors (Lipinski definition) is 2. The van der Waals surface area contributed by atoms with Crippen LogP contribution in [-0.2, 0) is 16.1 Å². The zero-order valence-corrected chi connectivity index (χ0v) is 13.4. The Kier molecular flexibility index (Phi) is 5.06. The Balaban J connectivity index is 1.78. The topological polar surface area (TPSA) is 67.4 Å². The van der Waals surface area contributed by atoms with E-state index in [1.807, 2.05) is 51.1 Å². The molecule has 120 valence electrons. The van der Waals surface area contributed by atoms with Crippen LogP contribution in [0.25, 0.3) is 0 Å². The molecule has 2 amide bonds. The van der Waals surface area contributed by atoms with Gasteiger partial charge in [-0.25, -0.2) is 4.79 Å². The van der Waals surface area contributed by atoms with Gasteiger partial charge in [-0.1, -0.05) is 30.3 Å². The number of benzene rings is 1. The van der Waals surface area contributed by atoms with Crippen LogP contribution in [0.5, 0.6) is 0 Å². The molecule has 1 aliphatic carbocycles. The number of ether oxygens (including phenoxy) is 1. The van der Waals surface area contributed by atoms with E-state index in [2.05, 4.69) is 10.6 Å². The van der Waals surface area contributed by atoms with Crippen molar-refractivity contribution in [1.29, 1.82) is 0 Å². The van der Waals surface area contributed by atoms with Gasteiger partial charge in [-0.3, -0.25) is 4.79 Å². The maximum Gasteiger partial charge on any atom is 0.407 e. The molecule has 0 bridgehead atoms. The minimum atomic E-state index is -0.529. The van der Waals surface area contributed by atoms with Crippen LogP contribution in [0.3, 0.4) is 0 Å². The average molecular weight is 304 g/mol. The van der Waals surface area contributed by atoms with Gasteiger partial charge in [-0.05, 0) is 39.2 Å². The molecule has 1 aromatic rings. The fraction of sp³-hybridized carbons (Fsp3) is 0.529. The highest BCUT2D eigenvalue weighted by Gasteiger charge is 2.38. The number of hydrogen-bond acceptors (Lipinski definition) is 3. The normalized spacial score (nSPS) is 20.7. The molecule has 2 rings (SSSR count). The Morgan fingerprint density at radius 1 is 1.18 bits per heavy atom. The summed E-state index contributed by atoms with van der Waals surface area (Å²) in [4.78, 5) is 23.9. The first-order valence-corrected chi connectivity index (χ1v) is 7.66. The van der Waals surface area contributed by atoms with Gasteiger partial charge in [0.15, 0.2) is 0 Å². The largest absolute Gasteiger partial charge is 0.444 e. The van der Waals surface area contributed by atoms with Crippen molar-refractivity contribution in [2.24, 2.45) is 5.92 Å². The fourth-order valence-electron chi connectivity index (χ4n) is 2.36. The third kappa shape index (κ3) is 4.76. The third-order valence-corrected chi connectivity index (χ3v) is 3.62. The highest BCUT2D eigenvalue weighted by Crippen LogP contribution is 2.28. The Hall–Kier alpha value is -2.04. The first-order valence-electron chi connectivity index (χ1n) is 7.66. The summed E-state index contributed by atoms with van der Waals surface area (Å²) in [5, 5.41) is 5.70. The average Bonchev–Trinajstić information content (AvgIpc) is 2.41. The predicted octanol–water partition coefficient (Wildman–Crippen LogP) is 2.61. The second kappa shape index (κ2) is 6.81. The number of nitrogens with one attached hydrogen (secondary N) is 2. The van der Waals surface area contributed by atoms with Crippen molar-refractivity contribution in [2.45, 2.75) is 51.8 Å². The van der Waals surface area contributed by atoms with Crippen LogP contribution in [0.2, 0.25) is 0 Å². The molecule has 22 heavy (non-hydrogen) atoms. The van der Waals surface area contributed by atoms with Gasteiger partial charge in [0.1, 0.15) is 5.60 Å². The lowest BCUT2D eigenvalue weighted by Crippen LogP contribution is -2.53. The maximum absolute atomic E-state index is 12.2. The highest BCUT2D eigenvalue weighted by molar-refractivity contribution is 5.81. The Morgan fingerprint density at radius 3 is 2.41 bits per heavy atom. The molecule has 0 aliphatic heterocycles. The lowest BCUT2D eigenvalue weighted by Gasteiger charge is -2.36. The summed E-state index contributed by atoms with van der Waals surface area (Å²) in [6.45, 7) is 5.96. The van der Waals surface area contributed by atoms with Crippen LogP contribution in [0.4, 0.5) is 4.79 Å². The minimum absolute atomic E-state index is 0.0174. The quantitative estimate of drug-likeness (QED) is 0.898. The smallest absolute Gasteiger partial charge is 0.407 e. The molecule has 0 unspecified atom stereocenters. The molecule has 0 heterocycles. The number of alkyl carbamates (subject to hydrolysis) is 1. The van der Waals surface area contributed by atoms with Gasteiger partial charge in [0.2, 0.25) is 5.91 Å². The van der Waals surface area contributed by atoms with E-state index in [0.29, 0.717) is 6.54 Å². The molecule has 1 saturated carbocycles. The summed E-state index contributed by atoms with van der Waals surface area (Å²) in [6, 6.07) is 9.63. The molecular formula is C17H24N2O3. The molecule has 0 aromatic heterocycles. The van der Waals surface area contributed by atoms with Gasteiger partial charge < -0.3 is 15.4 Å². The summed E-state index contributed by atoms with van der Waals surface area (Å²) in [6.07, 6.45) is 1.14. The van der Waals surface area contributed by atoms with Crippen molar-refractivity contribution in [1.82, 2.24) is 10.6 Å². The van der Waals surface area contributed by atoms with Crippen molar-refractivity contribution in [2.75, 3.05) is 0 Å². The summed E-state index contributed by atoms with van der Waals surface area (Å²) >= 11 is 0. The lowest BCUT2D eigenvalue weighted by atomic mass is 9.79. The van der Waals surface area contributed by atoms with E-state index in [1.165, 1.54) is 0 Å². The van der Waals surface area contributed by atoms with Gasteiger partial charge in [-0.2, -0.15) is 0 Å². The van der Waals surface area contributed by atoms with E-state index in [9.17, 15) is 9.59 Å². The fourth-order valence-corrected chi connectivity index (χ4v) is 2.36. The van der Waals surface area contributed by atoms with Gasteiger partial charge in [0.25, 0.3) is 0 Å². The zero-order chi connectivity index (χ0) is 16.2. The van der Waals surface area contributed by atoms with Crippen LogP contribution in [-0.4, -0.2) is 23.6 Å². The molecule has 1 aromatic carbocycles. The standard InChI is InChI=1S/C17H24N2O3/c1-17(2,3)22-16(21)19-14-10-9-13(14)15(20)18-11-12-7-5-4-6-8-12/h4-8,13-14H,9-11H2,1-3H3,(H,18,20)(H,19,21)/t13-,14-/m0/s1. The lowest BCUT2D eigenvalue weighted by molar-refractivity contribution is -0.128. The van der Waals surface area contributed by atoms with Crippen LogP contribution >= 0.6 is 0 Å². The number of carbonyl (C=O) groups excluding carboxylic acids is 2. The molecule has 1 fully saturated rings. The van der Waals surface area contributed by atoms with Gasteiger partial charge in [-0.15, -0.1) is 0 Å². The molecule has 2 atom stereocenters. The molecule has 5 nitrogen and oxygen atoms in total. The van der Waals surface area contributed by atoms with Crippen molar-refractivity contribution >= 4 is 12.0 Å². The molecule has 5 heteroatoms. The summed E-state index contributed by atoms with van der Waals surface area (Å²) in [5.41, 5.74) is 0.533. The SMILES string of the molecule is CC(C)(C)OC(=O)N[C@H]1CC[C@@H]1C(=O)NCc1ccccc1. The zero-order valence-electron chi connectivity index (χ0n) is 13.4. The predicted molar refractivity (Wildman–Crippen MR) is 84.2 cm³/mol. The first kappa shape index (κ1) is 16.3. The summed E-state index contributed by atoms with van der Waals surface area (Å²) in [7, 11) is 0. The molecule has 0 saturated heterocycles. The first-order chi connectivity index (χ1) is 10.3. The van der Waals surface area contributed by atoms with Gasteiger partial charge in [0.05, 0.1) is 5.92 Å². The molecule has 1 aliphatic rings. The molecular weight excluding hydrogens is 280 g/mol. The summed E-state index contributed by atoms with van der Waals surface area (Å²) in [5.74, 6) is -0.188. The van der Waals surface area contributed by atoms with E-state index in [-0.39, 0.29) is 17.9 Å². The van der Waals surface area contributed by atoms with E-state index in [0.717, 1.165) is 18.4 Å². The maximum atomic E-state index is 12.2. The van der Waals surface area contributed by atoms with Gasteiger partial charge in [0, 0.05) is 12.6 Å². The molecule has 0 spiro atoms. The Labute approximate surface area is 131 Å². The number of rotatable bonds is 4. The van der Waals surface area contributed by atoms with E-state index in [1.54, 1.807) is 0 Å². The number of amides is 2. The van der Waals surface area contributed by atoms with Crippen LogP contribution in [0.1, 0.15) is 39.2 Å². The van der Waals surface area contributed by atoms with E-state index in [4.69, 9.17) is 4.74 Å². The van der Waals surface area contributed by atoms with Crippen LogP contribution in [0.15, 0.2) is 30.3 Å². The Morgan fingerprint density at radius 2 is 1.86 bits per heavy atom. The third-order valence-electron chi connectivity index (χ3n) is 3.62. The Bertz CT molecular complexity index is 522. The molecule has 0 radical (unpaired) electrons. The summed E-state index contributed by atoms with van der Waals surface area (Å²) < 4.78 is 5.22. The number of carbonyl (C=O) groups is 2. The van der Waals surface area contributed by atoms with E-state index < -0.39 is 11.7 Å². The van der Waals surface area contributed by atoms with Crippen molar-refractivity contribution < 1.29 is 14.3 Å². The minimum Gasteiger partial charge on any atom is -0.444 e. The van der Waals surface area contributed by atoms with E-state index >= 15 is 0 Å². The van der Waals surface area contributed by atoms with Crippen LogP contribution < -0.4 is 10.6 Å². The molecule has 2 N–H and O–H groups in total. The van der Waals surface area contributed by atoms with Crippen molar-refractivity contribution in [3.63, 3.8) is 0 Å². The van der Waals surface area contributed by atoms with Crippen molar-refractivity contribution in [3.8, 4) is 0 Å². The second-order valence-corrected chi connectivity index (χ2v) is 6.64. The second-order valence-electron chi connectivity index (χ2n) is 6.64. The van der Waals surface area contributed by atoms with Crippen LogP contribution in [0, 0.1) is 5.92 Å². The van der Waals surface area contributed by atoms with Gasteiger partial charge >= 0.3 is 6.09 Å². The highest BCUT2D eigenvalue weighted by atomic mass is 16.6. The monoisotopic (exact) mass is 304 g/mol. The van der Waals surface area contributed by atoms with Crippen molar-refractivity contribution in [3.05, 3.63) is 35.9 Å².